The monoisotopic (exact) mass is 142 g/mol. The summed E-state index contributed by atoms with van der Waals surface area (Å²) in [7, 11) is 2.58. The standard InChI is InChI=1S/C5H7BO2S/c6-5-1-3-9(7,8)4-2-5/h1H,2-4H2. The van der Waals surface area contributed by atoms with Crippen LogP contribution in [0.1, 0.15) is 6.42 Å². The van der Waals surface area contributed by atoms with Gasteiger partial charge in [-0.25, -0.2) is 8.42 Å². The summed E-state index contributed by atoms with van der Waals surface area (Å²) in [5.41, 5.74) is 0.699. The van der Waals surface area contributed by atoms with Gasteiger partial charge in [0.25, 0.3) is 0 Å². The summed E-state index contributed by atoms with van der Waals surface area (Å²) in [6.45, 7) is 0. The molecule has 1 heterocycles. The van der Waals surface area contributed by atoms with E-state index in [9.17, 15) is 8.42 Å². The molecule has 2 nitrogen and oxygen atoms in total. The van der Waals surface area contributed by atoms with Crippen molar-refractivity contribution in [3.8, 4) is 0 Å². The van der Waals surface area contributed by atoms with E-state index in [0.717, 1.165) is 0 Å². The molecule has 0 N–H and O–H groups in total. The quantitative estimate of drug-likeness (QED) is 0.441. The number of hydrogen-bond acceptors (Lipinski definition) is 2. The average molecular weight is 142 g/mol. The topological polar surface area (TPSA) is 34.1 Å². The van der Waals surface area contributed by atoms with Crippen molar-refractivity contribution in [3.63, 3.8) is 0 Å². The molecule has 1 aliphatic heterocycles. The van der Waals surface area contributed by atoms with E-state index in [1.165, 1.54) is 0 Å². The molecule has 48 valence electrons. The maximum absolute atomic E-state index is 10.7. The molecule has 0 saturated heterocycles. The van der Waals surface area contributed by atoms with Gasteiger partial charge >= 0.3 is 0 Å². The molecule has 0 bridgehead atoms. The Kier molecular flexibility index (Phi) is 1.66. The first-order chi connectivity index (χ1) is 4.10. The van der Waals surface area contributed by atoms with E-state index < -0.39 is 9.84 Å². The summed E-state index contributed by atoms with van der Waals surface area (Å²) < 4.78 is 21.4. The summed E-state index contributed by atoms with van der Waals surface area (Å²) in [6, 6.07) is 0. The first kappa shape index (κ1) is 6.87. The van der Waals surface area contributed by atoms with Crippen LogP contribution in [0.15, 0.2) is 11.5 Å². The minimum Gasteiger partial charge on any atom is -0.229 e. The molecular weight excluding hydrogens is 135 g/mol. The molecule has 0 aliphatic carbocycles. The first-order valence-electron chi connectivity index (χ1n) is 2.75. The molecule has 0 spiro atoms. The van der Waals surface area contributed by atoms with Gasteiger partial charge in [-0.2, -0.15) is 0 Å². The van der Waals surface area contributed by atoms with Crippen LogP contribution in [0.25, 0.3) is 0 Å². The number of rotatable bonds is 0. The maximum atomic E-state index is 10.7. The zero-order valence-electron chi connectivity index (χ0n) is 5.00. The van der Waals surface area contributed by atoms with Crippen LogP contribution in [0.5, 0.6) is 0 Å². The maximum Gasteiger partial charge on any atom is 0.154 e. The molecule has 1 aliphatic rings. The lowest BCUT2D eigenvalue weighted by molar-refractivity contribution is 0.597. The Bertz CT molecular complexity index is 227. The van der Waals surface area contributed by atoms with Gasteiger partial charge in [0.2, 0.25) is 0 Å². The van der Waals surface area contributed by atoms with E-state index >= 15 is 0 Å². The Morgan fingerprint density at radius 1 is 1.56 bits per heavy atom. The smallest absolute Gasteiger partial charge is 0.154 e. The van der Waals surface area contributed by atoms with Gasteiger partial charge in [-0.15, -0.1) is 5.47 Å². The molecule has 0 amide bonds. The molecule has 1 rings (SSSR count). The highest BCUT2D eigenvalue weighted by molar-refractivity contribution is 7.91. The van der Waals surface area contributed by atoms with Gasteiger partial charge in [-0.05, 0) is 6.42 Å². The Morgan fingerprint density at radius 3 is 2.56 bits per heavy atom. The second-order valence-corrected chi connectivity index (χ2v) is 4.37. The fraction of sp³-hybridized carbons (Fsp3) is 0.600. The summed E-state index contributed by atoms with van der Waals surface area (Å²) >= 11 is 0. The molecule has 0 unspecified atom stereocenters. The minimum atomic E-state index is -2.77. The van der Waals surface area contributed by atoms with Crippen molar-refractivity contribution >= 4 is 17.7 Å². The Labute approximate surface area is 56.3 Å². The van der Waals surface area contributed by atoms with Crippen LogP contribution >= 0.6 is 0 Å². The summed E-state index contributed by atoms with van der Waals surface area (Å²) in [6.07, 6.45) is 2.07. The first-order valence-corrected chi connectivity index (χ1v) is 4.57. The van der Waals surface area contributed by atoms with Crippen molar-refractivity contribution < 1.29 is 8.42 Å². The Morgan fingerprint density at radius 2 is 2.22 bits per heavy atom. The van der Waals surface area contributed by atoms with E-state index in [4.69, 9.17) is 7.85 Å². The Balaban J connectivity index is 2.79. The number of sulfone groups is 1. The normalized spacial score (nSPS) is 25.1. The minimum absolute atomic E-state index is 0.124. The molecule has 0 aromatic rings. The SMILES string of the molecule is [B]C1=CCS(=O)(=O)CC1. The molecule has 9 heavy (non-hydrogen) atoms. The fourth-order valence-corrected chi connectivity index (χ4v) is 1.87. The average Bonchev–Trinajstić information content (AvgIpc) is 1.78. The van der Waals surface area contributed by atoms with Crippen LogP contribution in [0.4, 0.5) is 0 Å². The number of allylic oxidation sites excluding steroid dienone is 1. The van der Waals surface area contributed by atoms with E-state index in [1.54, 1.807) is 6.08 Å². The van der Waals surface area contributed by atoms with Crippen LogP contribution in [0, 0.1) is 0 Å². The van der Waals surface area contributed by atoms with Gasteiger partial charge < -0.3 is 0 Å². The van der Waals surface area contributed by atoms with Gasteiger partial charge in [-0.1, -0.05) is 6.08 Å². The zero-order valence-corrected chi connectivity index (χ0v) is 5.82. The van der Waals surface area contributed by atoms with Crippen molar-refractivity contribution in [1.82, 2.24) is 0 Å². The Hall–Kier alpha value is -0.245. The van der Waals surface area contributed by atoms with Crippen molar-refractivity contribution in [2.45, 2.75) is 6.42 Å². The van der Waals surface area contributed by atoms with E-state index in [0.29, 0.717) is 11.9 Å². The third-order valence-electron chi connectivity index (χ3n) is 1.30. The molecule has 0 fully saturated rings. The van der Waals surface area contributed by atoms with Crippen molar-refractivity contribution in [3.05, 3.63) is 11.5 Å². The molecule has 0 atom stereocenters. The highest BCUT2D eigenvalue weighted by Gasteiger charge is 2.12. The van der Waals surface area contributed by atoms with E-state index in [1.807, 2.05) is 0 Å². The molecule has 0 saturated carbocycles. The van der Waals surface area contributed by atoms with Gasteiger partial charge in [0.05, 0.1) is 11.5 Å². The lowest BCUT2D eigenvalue weighted by Gasteiger charge is -2.08. The van der Waals surface area contributed by atoms with E-state index in [-0.39, 0.29) is 11.5 Å². The molecule has 4 heteroatoms. The summed E-state index contributed by atoms with van der Waals surface area (Å²) in [5.74, 6) is 0.341. The second kappa shape index (κ2) is 2.18. The predicted molar refractivity (Wildman–Crippen MR) is 37.1 cm³/mol. The van der Waals surface area contributed by atoms with Crippen LogP contribution < -0.4 is 0 Å². The van der Waals surface area contributed by atoms with Gasteiger partial charge in [0, 0.05) is 0 Å². The molecular formula is C5H7BO2S. The van der Waals surface area contributed by atoms with Crippen molar-refractivity contribution in [2.75, 3.05) is 11.5 Å². The van der Waals surface area contributed by atoms with Crippen molar-refractivity contribution in [2.24, 2.45) is 0 Å². The van der Waals surface area contributed by atoms with Crippen LogP contribution in [-0.4, -0.2) is 27.8 Å². The largest absolute Gasteiger partial charge is 0.229 e. The highest BCUT2D eigenvalue weighted by atomic mass is 32.2. The third kappa shape index (κ3) is 1.86. The summed E-state index contributed by atoms with van der Waals surface area (Å²) in [5, 5.41) is 0. The fourth-order valence-electron chi connectivity index (χ4n) is 0.693. The van der Waals surface area contributed by atoms with Crippen LogP contribution in [0.2, 0.25) is 0 Å². The predicted octanol–water partition coefficient (Wildman–Crippen LogP) is -0.143. The van der Waals surface area contributed by atoms with Gasteiger partial charge in [0.15, 0.2) is 9.84 Å². The third-order valence-corrected chi connectivity index (χ3v) is 2.80. The van der Waals surface area contributed by atoms with Crippen LogP contribution in [-0.2, 0) is 9.84 Å². The molecule has 2 radical (unpaired) electrons. The van der Waals surface area contributed by atoms with Crippen LogP contribution in [0.3, 0.4) is 0 Å². The zero-order chi connectivity index (χ0) is 6.91. The van der Waals surface area contributed by atoms with Gasteiger partial charge in [-0.3, -0.25) is 0 Å². The number of hydrogen-bond donors (Lipinski definition) is 0. The molecule has 0 aromatic carbocycles. The van der Waals surface area contributed by atoms with Gasteiger partial charge in [0.1, 0.15) is 7.85 Å². The lowest BCUT2D eigenvalue weighted by Crippen LogP contribution is -2.15. The highest BCUT2D eigenvalue weighted by Crippen LogP contribution is 2.08. The summed E-state index contributed by atoms with van der Waals surface area (Å²) in [4.78, 5) is 0. The second-order valence-electron chi connectivity index (χ2n) is 2.14. The van der Waals surface area contributed by atoms with E-state index in [2.05, 4.69) is 0 Å². The van der Waals surface area contributed by atoms with Crippen molar-refractivity contribution in [1.29, 1.82) is 0 Å². The lowest BCUT2D eigenvalue weighted by atomic mass is 9.93. The molecule has 0 aromatic heterocycles.